The topological polar surface area (TPSA) is 84.8 Å². The Kier molecular flexibility index (Phi) is 7.75. The largest absolute Gasteiger partial charge is 0.493 e. The third-order valence-corrected chi connectivity index (χ3v) is 5.72. The maximum atomic E-state index is 12.2. The summed E-state index contributed by atoms with van der Waals surface area (Å²) in [6, 6.07) is 22.3. The zero-order valence-electron chi connectivity index (χ0n) is 18.2. The first-order valence-corrected chi connectivity index (χ1v) is 11.5. The molecule has 172 valence electrons. The number of hydrazone groups is 1. The van der Waals surface area contributed by atoms with E-state index in [0.29, 0.717) is 27.3 Å². The van der Waals surface area contributed by atoms with Crippen LogP contribution in [0.1, 0.15) is 5.56 Å². The highest BCUT2D eigenvalue weighted by molar-refractivity contribution is 7.14. The van der Waals surface area contributed by atoms with Crippen LogP contribution < -0.4 is 20.2 Å². The van der Waals surface area contributed by atoms with E-state index in [2.05, 4.69) is 20.8 Å². The molecule has 9 heteroatoms. The molecule has 1 aromatic heterocycles. The molecule has 7 nitrogen and oxygen atoms in total. The number of ether oxygens (including phenoxy) is 2. The first-order valence-electron chi connectivity index (χ1n) is 10.3. The molecule has 0 atom stereocenters. The molecule has 1 amide bonds. The Labute approximate surface area is 206 Å². The Morgan fingerprint density at radius 2 is 1.88 bits per heavy atom. The molecule has 0 aliphatic rings. The number of methoxy groups -OCH3 is 1. The lowest BCUT2D eigenvalue weighted by Crippen LogP contribution is -2.20. The number of hydrogen-bond acceptors (Lipinski definition) is 7. The summed E-state index contributed by atoms with van der Waals surface area (Å²) < 4.78 is 11.0. The van der Waals surface area contributed by atoms with Crippen molar-refractivity contribution in [3.8, 4) is 22.8 Å². The van der Waals surface area contributed by atoms with Gasteiger partial charge in [-0.1, -0.05) is 54.1 Å². The molecule has 0 spiro atoms. The molecule has 0 radical (unpaired) electrons. The van der Waals surface area contributed by atoms with Crippen molar-refractivity contribution in [3.63, 3.8) is 0 Å². The molecule has 4 rings (SSSR count). The highest BCUT2D eigenvalue weighted by Gasteiger charge is 2.10. The number of rotatable bonds is 9. The van der Waals surface area contributed by atoms with Crippen molar-refractivity contribution in [3.05, 3.63) is 88.8 Å². The highest BCUT2D eigenvalue weighted by Crippen LogP contribution is 2.28. The highest BCUT2D eigenvalue weighted by atomic mass is 35.5. The predicted molar refractivity (Wildman–Crippen MR) is 137 cm³/mol. The zero-order valence-corrected chi connectivity index (χ0v) is 19.8. The molecule has 0 aliphatic heterocycles. The number of thiazole rings is 1. The van der Waals surface area contributed by atoms with Crippen molar-refractivity contribution < 1.29 is 14.3 Å². The number of halogens is 1. The van der Waals surface area contributed by atoms with Gasteiger partial charge in [0, 0.05) is 10.9 Å². The Morgan fingerprint density at radius 1 is 1.09 bits per heavy atom. The molecular weight excluding hydrogens is 472 g/mol. The number of nitrogens with zero attached hydrogens (tertiary/aromatic N) is 2. The van der Waals surface area contributed by atoms with Crippen LogP contribution in [0.25, 0.3) is 11.3 Å². The van der Waals surface area contributed by atoms with Gasteiger partial charge in [-0.05, 0) is 35.9 Å². The summed E-state index contributed by atoms with van der Waals surface area (Å²) in [5.41, 5.74) is 6.21. The van der Waals surface area contributed by atoms with E-state index in [9.17, 15) is 4.79 Å². The normalized spacial score (nSPS) is 10.8. The first kappa shape index (κ1) is 23.3. The molecule has 0 aliphatic carbocycles. The van der Waals surface area contributed by atoms with Gasteiger partial charge in [0.2, 0.25) is 5.13 Å². The van der Waals surface area contributed by atoms with E-state index in [-0.39, 0.29) is 12.5 Å². The van der Waals surface area contributed by atoms with Gasteiger partial charge in [0.1, 0.15) is 0 Å². The van der Waals surface area contributed by atoms with E-state index in [1.54, 1.807) is 42.6 Å². The van der Waals surface area contributed by atoms with Crippen LogP contribution in [0.4, 0.5) is 10.8 Å². The minimum atomic E-state index is -0.330. The van der Waals surface area contributed by atoms with Crippen LogP contribution >= 0.6 is 22.9 Å². The lowest BCUT2D eigenvalue weighted by Gasteiger charge is -2.12. The van der Waals surface area contributed by atoms with E-state index in [4.69, 9.17) is 21.1 Å². The lowest BCUT2D eigenvalue weighted by atomic mass is 10.2. The maximum absolute atomic E-state index is 12.2. The first-order chi connectivity index (χ1) is 16.6. The average Bonchev–Trinajstić information content (AvgIpc) is 3.34. The molecule has 0 fully saturated rings. The number of carbonyl (C=O) groups is 1. The van der Waals surface area contributed by atoms with Gasteiger partial charge in [0.15, 0.2) is 18.1 Å². The molecule has 0 unspecified atom stereocenters. The Bertz CT molecular complexity index is 1290. The lowest BCUT2D eigenvalue weighted by molar-refractivity contribution is -0.118. The fourth-order valence-electron chi connectivity index (χ4n) is 3.00. The van der Waals surface area contributed by atoms with Gasteiger partial charge >= 0.3 is 0 Å². The fourth-order valence-corrected chi connectivity index (χ4v) is 3.86. The Morgan fingerprint density at radius 3 is 2.68 bits per heavy atom. The number of nitrogens with one attached hydrogen (secondary N) is 2. The van der Waals surface area contributed by atoms with Gasteiger partial charge in [-0.3, -0.25) is 10.2 Å². The van der Waals surface area contributed by atoms with Gasteiger partial charge in [0.05, 0.1) is 29.7 Å². The summed E-state index contributed by atoms with van der Waals surface area (Å²) in [4.78, 5) is 16.7. The number of para-hydroxylation sites is 1. The van der Waals surface area contributed by atoms with Crippen LogP contribution in [0.15, 0.2) is 83.3 Å². The minimum absolute atomic E-state index is 0.190. The molecule has 3 aromatic carbocycles. The van der Waals surface area contributed by atoms with E-state index in [1.165, 1.54) is 18.4 Å². The van der Waals surface area contributed by atoms with Crippen LogP contribution in [-0.4, -0.2) is 30.8 Å². The minimum Gasteiger partial charge on any atom is -0.493 e. The third-order valence-electron chi connectivity index (χ3n) is 4.64. The number of carbonyl (C=O) groups excluding carboxylic acids is 1. The number of hydrogen-bond donors (Lipinski definition) is 2. The van der Waals surface area contributed by atoms with Crippen molar-refractivity contribution in [2.75, 3.05) is 24.5 Å². The summed E-state index contributed by atoms with van der Waals surface area (Å²) in [5, 5.41) is 10.1. The SMILES string of the molecule is COc1cc(C=NNc2nc(-c3ccccc3)cs2)ccc1OCC(=O)Nc1ccccc1Cl. The van der Waals surface area contributed by atoms with E-state index >= 15 is 0 Å². The van der Waals surface area contributed by atoms with Crippen molar-refractivity contribution in [1.82, 2.24) is 4.98 Å². The van der Waals surface area contributed by atoms with Crippen LogP contribution in [0.2, 0.25) is 5.02 Å². The molecular formula is C25H21ClN4O3S. The van der Waals surface area contributed by atoms with Gasteiger partial charge in [-0.2, -0.15) is 5.10 Å². The second kappa shape index (κ2) is 11.3. The summed E-state index contributed by atoms with van der Waals surface area (Å²) >= 11 is 7.54. The summed E-state index contributed by atoms with van der Waals surface area (Å²) in [6.07, 6.45) is 1.65. The smallest absolute Gasteiger partial charge is 0.262 e. The average molecular weight is 493 g/mol. The Hall–Kier alpha value is -3.88. The maximum Gasteiger partial charge on any atom is 0.262 e. The number of amides is 1. The standard InChI is InChI=1S/C25H21ClN4O3S/c1-32-23-13-17(14-27-30-25-29-21(16-34-25)18-7-3-2-4-8-18)11-12-22(23)33-15-24(31)28-20-10-6-5-9-19(20)26/h2-14,16H,15H2,1H3,(H,28,31)(H,29,30). The van der Waals surface area contributed by atoms with Crippen LogP contribution in [0, 0.1) is 0 Å². The second-order valence-corrected chi connectivity index (χ2v) is 8.27. The van der Waals surface area contributed by atoms with Crippen LogP contribution in [-0.2, 0) is 4.79 Å². The molecule has 4 aromatic rings. The predicted octanol–water partition coefficient (Wildman–Crippen LogP) is 5.94. The molecule has 34 heavy (non-hydrogen) atoms. The number of benzene rings is 3. The van der Waals surface area contributed by atoms with Gasteiger partial charge in [-0.15, -0.1) is 11.3 Å². The molecule has 1 heterocycles. The fraction of sp³-hybridized carbons (Fsp3) is 0.0800. The third kappa shape index (κ3) is 6.12. The van der Waals surface area contributed by atoms with Gasteiger partial charge < -0.3 is 14.8 Å². The number of aromatic nitrogens is 1. The molecule has 0 saturated heterocycles. The van der Waals surface area contributed by atoms with Gasteiger partial charge in [-0.25, -0.2) is 4.98 Å². The van der Waals surface area contributed by atoms with E-state index in [0.717, 1.165) is 16.8 Å². The van der Waals surface area contributed by atoms with E-state index < -0.39 is 0 Å². The quantitative estimate of drug-likeness (QED) is 0.223. The van der Waals surface area contributed by atoms with Crippen molar-refractivity contribution in [1.29, 1.82) is 0 Å². The Balaban J connectivity index is 1.33. The molecule has 2 N–H and O–H groups in total. The van der Waals surface area contributed by atoms with Crippen LogP contribution in [0.3, 0.4) is 0 Å². The summed E-state index contributed by atoms with van der Waals surface area (Å²) in [6.45, 7) is -0.190. The zero-order chi connectivity index (χ0) is 23.8. The molecule has 0 bridgehead atoms. The van der Waals surface area contributed by atoms with Crippen molar-refractivity contribution in [2.24, 2.45) is 5.10 Å². The van der Waals surface area contributed by atoms with E-state index in [1.807, 2.05) is 41.8 Å². The summed E-state index contributed by atoms with van der Waals surface area (Å²) in [7, 11) is 1.53. The van der Waals surface area contributed by atoms with Crippen molar-refractivity contribution in [2.45, 2.75) is 0 Å². The summed E-state index contributed by atoms with van der Waals surface area (Å²) in [5.74, 6) is 0.591. The van der Waals surface area contributed by atoms with Crippen molar-refractivity contribution >= 4 is 45.9 Å². The second-order valence-electron chi connectivity index (χ2n) is 7.00. The molecule has 0 saturated carbocycles. The van der Waals surface area contributed by atoms with Gasteiger partial charge in [0.25, 0.3) is 5.91 Å². The number of anilines is 2. The monoisotopic (exact) mass is 492 g/mol. The van der Waals surface area contributed by atoms with Crippen LogP contribution in [0.5, 0.6) is 11.5 Å².